The molecular weight excluding hydrogens is 366 g/mol. The minimum absolute atomic E-state index is 0.126. The van der Waals surface area contributed by atoms with Gasteiger partial charge < -0.3 is 14.5 Å². The highest BCUT2D eigenvalue weighted by Crippen LogP contribution is 2.31. The zero-order chi connectivity index (χ0) is 19.3. The van der Waals surface area contributed by atoms with Gasteiger partial charge in [0.25, 0.3) is 0 Å². The van der Waals surface area contributed by atoms with Gasteiger partial charge in [-0.2, -0.15) is 0 Å². The number of rotatable bonds is 5. The standard InChI is InChI=1S/C19H29N3O4S/c1-27(24,25)22(16-19(23)21-10-6-2-3-7-11-21)18-9-5-4-8-17(18)20-12-14-26-15-13-20/h4-5,8-9H,2-3,6-7,10-16H2,1H3. The van der Waals surface area contributed by atoms with Crippen molar-refractivity contribution in [3.8, 4) is 0 Å². The van der Waals surface area contributed by atoms with Crippen LogP contribution in [-0.2, 0) is 19.6 Å². The molecular formula is C19H29N3O4S. The first-order chi connectivity index (χ1) is 13.0. The number of carbonyl (C=O) groups excluding carboxylic acids is 1. The molecule has 8 heteroatoms. The van der Waals surface area contributed by atoms with Crippen LogP contribution in [0.15, 0.2) is 24.3 Å². The number of nitrogens with zero attached hydrogens (tertiary/aromatic N) is 3. The maximum atomic E-state index is 12.9. The summed E-state index contributed by atoms with van der Waals surface area (Å²) in [5, 5.41) is 0. The first-order valence-corrected chi connectivity index (χ1v) is 11.5. The van der Waals surface area contributed by atoms with Gasteiger partial charge in [0.15, 0.2) is 0 Å². The average Bonchev–Trinajstić information content (AvgIpc) is 2.95. The van der Waals surface area contributed by atoms with Crippen LogP contribution in [0.25, 0.3) is 0 Å². The number of hydrogen-bond donors (Lipinski definition) is 0. The molecule has 0 spiro atoms. The van der Waals surface area contributed by atoms with Gasteiger partial charge in [-0.1, -0.05) is 25.0 Å². The number of benzene rings is 1. The first kappa shape index (κ1) is 19.9. The second-order valence-electron chi connectivity index (χ2n) is 7.15. The van der Waals surface area contributed by atoms with Gasteiger partial charge in [-0.3, -0.25) is 9.10 Å². The molecule has 2 fully saturated rings. The Balaban J connectivity index is 1.86. The Hall–Kier alpha value is -1.80. The summed E-state index contributed by atoms with van der Waals surface area (Å²) >= 11 is 0. The summed E-state index contributed by atoms with van der Waals surface area (Å²) in [4.78, 5) is 16.8. The SMILES string of the molecule is CS(=O)(=O)N(CC(=O)N1CCCCCC1)c1ccccc1N1CCOCC1. The summed E-state index contributed by atoms with van der Waals surface area (Å²) in [6.07, 6.45) is 5.38. The molecule has 0 aliphatic carbocycles. The lowest BCUT2D eigenvalue weighted by atomic mass is 10.2. The third kappa shape index (κ3) is 5.13. The topological polar surface area (TPSA) is 70.2 Å². The molecule has 3 rings (SSSR count). The van der Waals surface area contributed by atoms with Gasteiger partial charge >= 0.3 is 0 Å². The lowest BCUT2D eigenvalue weighted by molar-refractivity contribution is -0.129. The fraction of sp³-hybridized carbons (Fsp3) is 0.632. The van der Waals surface area contributed by atoms with Crippen molar-refractivity contribution in [2.24, 2.45) is 0 Å². The normalized spacial score (nSPS) is 18.9. The number of ether oxygens (including phenoxy) is 1. The monoisotopic (exact) mass is 395 g/mol. The minimum Gasteiger partial charge on any atom is -0.378 e. The molecule has 2 aliphatic rings. The fourth-order valence-electron chi connectivity index (χ4n) is 3.67. The van der Waals surface area contributed by atoms with E-state index in [2.05, 4.69) is 4.90 Å². The van der Waals surface area contributed by atoms with E-state index in [9.17, 15) is 13.2 Å². The van der Waals surface area contributed by atoms with E-state index < -0.39 is 10.0 Å². The van der Waals surface area contributed by atoms with Crippen LogP contribution in [0.3, 0.4) is 0 Å². The molecule has 1 aromatic rings. The van der Waals surface area contributed by atoms with Gasteiger partial charge in [-0.25, -0.2) is 8.42 Å². The molecule has 0 radical (unpaired) electrons. The number of anilines is 2. The van der Waals surface area contributed by atoms with Crippen LogP contribution >= 0.6 is 0 Å². The van der Waals surface area contributed by atoms with E-state index in [0.717, 1.165) is 31.4 Å². The summed E-state index contributed by atoms with van der Waals surface area (Å²) in [7, 11) is -3.59. The van der Waals surface area contributed by atoms with E-state index in [1.807, 2.05) is 23.1 Å². The first-order valence-electron chi connectivity index (χ1n) is 9.64. The number of para-hydroxylation sites is 2. The smallest absolute Gasteiger partial charge is 0.243 e. The molecule has 2 heterocycles. The number of amides is 1. The molecule has 0 saturated carbocycles. The van der Waals surface area contributed by atoms with Gasteiger partial charge in [0.1, 0.15) is 6.54 Å². The van der Waals surface area contributed by atoms with Crippen LogP contribution in [0.4, 0.5) is 11.4 Å². The predicted octanol–water partition coefficient (Wildman–Crippen LogP) is 1.69. The van der Waals surface area contributed by atoms with Crippen molar-refractivity contribution in [3.63, 3.8) is 0 Å². The van der Waals surface area contributed by atoms with Gasteiger partial charge in [-0.15, -0.1) is 0 Å². The average molecular weight is 396 g/mol. The maximum Gasteiger partial charge on any atom is 0.243 e. The largest absolute Gasteiger partial charge is 0.378 e. The molecule has 0 aromatic heterocycles. The van der Waals surface area contributed by atoms with Gasteiger partial charge in [0.05, 0.1) is 30.8 Å². The third-order valence-electron chi connectivity index (χ3n) is 5.14. The summed E-state index contributed by atoms with van der Waals surface area (Å²) in [6.45, 7) is 3.90. The zero-order valence-electron chi connectivity index (χ0n) is 16.0. The Morgan fingerprint density at radius 3 is 2.30 bits per heavy atom. The number of sulfonamides is 1. The summed E-state index contributed by atoms with van der Waals surface area (Å²) in [5.41, 5.74) is 1.39. The van der Waals surface area contributed by atoms with E-state index in [1.54, 1.807) is 6.07 Å². The van der Waals surface area contributed by atoms with Crippen LogP contribution in [0, 0.1) is 0 Å². The van der Waals surface area contributed by atoms with Gasteiger partial charge in [-0.05, 0) is 25.0 Å². The number of likely N-dealkylation sites (tertiary alicyclic amines) is 1. The summed E-state index contributed by atoms with van der Waals surface area (Å²) < 4.78 is 31.8. The Morgan fingerprint density at radius 2 is 1.67 bits per heavy atom. The van der Waals surface area contributed by atoms with Crippen LogP contribution in [0.2, 0.25) is 0 Å². The minimum atomic E-state index is -3.59. The van der Waals surface area contributed by atoms with Crippen LogP contribution in [0.5, 0.6) is 0 Å². The second-order valence-corrected chi connectivity index (χ2v) is 9.06. The number of morpholine rings is 1. The van der Waals surface area contributed by atoms with E-state index in [1.165, 1.54) is 10.6 Å². The van der Waals surface area contributed by atoms with E-state index in [0.29, 0.717) is 45.1 Å². The molecule has 27 heavy (non-hydrogen) atoms. The Morgan fingerprint density at radius 1 is 1.04 bits per heavy atom. The molecule has 2 aliphatic heterocycles. The van der Waals surface area contributed by atoms with Crippen molar-refractivity contribution >= 4 is 27.3 Å². The second kappa shape index (κ2) is 8.93. The molecule has 1 aromatic carbocycles. The van der Waals surface area contributed by atoms with Crippen molar-refractivity contribution in [1.82, 2.24) is 4.90 Å². The van der Waals surface area contributed by atoms with Crippen molar-refractivity contribution in [2.45, 2.75) is 25.7 Å². The Kier molecular flexibility index (Phi) is 6.59. The fourth-order valence-corrected chi connectivity index (χ4v) is 4.53. The molecule has 0 unspecified atom stereocenters. The lowest BCUT2D eigenvalue weighted by Gasteiger charge is -2.34. The zero-order valence-corrected chi connectivity index (χ0v) is 16.8. The van der Waals surface area contributed by atoms with Crippen molar-refractivity contribution in [2.75, 3.05) is 61.4 Å². The van der Waals surface area contributed by atoms with Gasteiger partial charge in [0, 0.05) is 26.2 Å². The molecule has 2 saturated heterocycles. The van der Waals surface area contributed by atoms with E-state index in [-0.39, 0.29) is 12.5 Å². The van der Waals surface area contributed by atoms with E-state index >= 15 is 0 Å². The Bertz CT molecular complexity index is 739. The molecule has 7 nitrogen and oxygen atoms in total. The van der Waals surface area contributed by atoms with Crippen LogP contribution < -0.4 is 9.21 Å². The summed E-state index contributed by atoms with van der Waals surface area (Å²) in [6, 6.07) is 7.40. The van der Waals surface area contributed by atoms with Crippen molar-refractivity contribution in [3.05, 3.63) is 24.3 Å². The van der Waals surface area contributed by atoms with Crippen LogP contribution in [0.1, 0.15) is 25.7 Å². The Labute approximate surface area is 161 Å². The highest BCUT2D eigenvalue weighted by molar-refractivity contribution is 7.92. The maximum absolute atomic E-state index is 12.9. The van der Waals surface area contributed by atoms with Crippen LogP contribution in [-0.4, -0.2) is 71.4 Å². The summed E-state index contributed by atoms with van der Waals surface area (Å²) in [5.74, 6) is -0.126. The molecule has 0 N–H and O–H groups in total. The lowest BCUT2D eigenvalue weighted by Crippen LogP contribution is -2.44. The molecule has 1 amide bonds. The predicted molar refractivity (Wildman–Crippen MR) is 107 cm³/mol. The molecule has 150 valence electrons. The van der Waals surface area contributed by atoms with E-state index in [4.69, 9.17) is 4.74 Å². The number of hydrogen-bond acceptors (Lipinski definition) is 5. The van der Waals surface area contributed by atoms with Crippen molar-refractivity contribution < 1.29 is 17.9 Å². The highest BCUT2D eigenvalue weighted by Gasteiger charge is 2.27. The third-order valence-corrected chi connectivity index (χ3v) is 6.27. The molecule has 0 bridgehead atoms. The molecule has 0 atom stereocenters. The number of carbonyl (C=O) groups is 1. The van der Waals surface area contributed by atoms with Crippen molar-refractivity contribution in [1.29, 1.82) is 0 Å². The quantitative estimate of drug-likeness (QED) is 0.759. The highest BCUT2D eigenvalue weighted by atomic mass is 32.2. The van der Waals surface area contributed by atoms with Gasteiger partial charge in [0.2, 0.25) is 15.9 Å².